The number of carbonyl (C=O) groups excluding carboxylic acids is 1. The summed E-state index contributed by atoms with van der Waals surface area (Å²) in [4.78, 5) is 21.8. The van der Waals surface area contributed by atoms with Gasteiger partial charge in [0.25, 0.3) is 0 Å². The molecule has 0 unspecified atom stereocenters. The third-order valence-corrected chi connectivity index (χ3v) is 3.19. The Morgan fingerprint density at radius 1 is 1.35 bits per heavy atom. The smallest absolute Gasteiger partial charge is 0.335 e. The lowest BCUT2D eigenvalue weighted by Gasteiger charge is -2.05. The van der Waals surface area contributed by atoms with E-state index >= 15 is 0 Å². The van der Waals surface area contributed by atoms with Crippen LogP contribution in [0.25, 0.3) is 0 Å². The van der Waals surface area contributed by atoms with Crippen molar-refractivity contribution in [3.8, 4) is 0 Å². The van der Waals surface area contributed by atoms with Gasteiger partial charge in [0.2, 0.25) is 0 Å². The fourth-order valence-electron chi connectivity index (χ4n) is 1.29. The predicted molar refractivity (Wildman–Crippen MR) is 66.2 cm³/mol. The highest BCUT2D eigenvalue weighted by Gasteiger charge is 2.08. The highest BCUT2D eigenvalue weighted by Crippen LogP contribution is 2.17. The van der Waals surface area contributed by atoms with Crippen LogP contribution < -0.4 is 0 Å². The van der Waals surface area contributed by atoms with E-state index in [2.05, 4.69) is 4.74 Å². The van der Waals surface area contributed by atoms with E-state index < -0.39 is 5.97 Å². The molecule has 1 aromatic carbocycles. The van der Waals surface area contributed by atoms with Crippen molar-refractivity contribution in [1.82, 2.24) is 0 Å². The van der Waals surface area contributed by atoms with Gasteiger partial charge in [-0.05, 0) is 11.6 Å². The molecule has 5 heteroatoms. The Hall–Kier alpha value is -1.49. The molecule has 0 aliphatic rings. The fraction of sp³-hybridized carbons (Fsp3) is 0.333. The van der Waals surface area contributed by atoms with Gasteiger partial charge in [-0.1, -0.05) is 18.2 Å². The number of hydrogen-bond acceptors (Lipinski definition) is 4. The Labute approximate surface area is 104 Å². The second kappa shape index (κ2) is 6.96. The highest BCUT2D eigenvalue weighted by atomic mass is 32.2. The van der Waals surface area contributed by atoms with Crippen molar-refractivity contribution in [1.29, 1.82) is 0 Å². The van der Waals surface area contributed by atoms with Crippen LogP contribution in [0.15, 0.2) is 24.3 Å². The van der Waals surface area contributed by atoms with Crippen molar-refractivity contribution in [2.24, 2.45) is 0 Å². The lowest BCUT2D eigenvalue weighted by atomic mass is 10.1. The molecule has 0 amide bonds. The van der Waals surface area contributed by atoms with Gasteiger partial charge in [-0.3, -0.25) is 4.79 Å². The number of hydrogen-bond donors (Lipinski definition) is 1. The molecule has 0 saturated carbocycles. The maximum atomic E-state index is 10.9. The van der Waals surface area contributed by atoms with Crippen molar-refractivity contribution in [3.05, 3.63) is 35.4 Å². The Morgan fingerprint density at radius 3 is 2.71 bits per heavy atom. The van der Waals surface area contributed by atoms with Gasteiger partial charge in [-0.2, -0.15) is 11.8 Å². The summed E-state index contributed by atoms with van der Waals surface area (Å²) in [5.41, 5.74) is 1.09. The van der Waals surface area contributed by atoms with Gasteiger partial charge in [0.05, 0.1) is 19.1 Å². The van der Waals surface area contributed by atoms with Crippen molar-refractivity contribution in [2.45, 2.75) is 12.2 Å². The number of rotatable bonds is 6. The first kappa shape index (κ1) is 13.6. The standard InChI is InChI=1S/C12H14O4S/c1-16-11(13)6-7-17-8-9-4-2-3-5-10(9)12(14)15/h2-5H,6-8H2,1H3,(H,14,15). The summed E-state index contributed by atoms with van der Waals surface area (Å²) in [6, 6.07) is 6.88. The van der Waals surface area contributed by atoms with Crippen molar-refractivity contribution in [3.63, 3.8) is 0 Å². The molecule has 1 rings (SSSR count). The van der Waals surface area contributed by atoms with Gasteiger partial charge in [-0.15, -0.1) is 0 Å². The molecule has 0 fully saturated rings. The summed E-state index contributed by atoms with van der Waals surface area (Å²) in [5, 5.41) is 8.97. The minimum atomic E-state index is -0.922. The molecule has 4 nitrogen and oxygen atoms in total. The molecule has 92 valence electrons. The summed E-state index contributed by atoms with van der Waals surface area (Å²) < 4.78 is 4.52. The topological polar surface area (TPSA) is 63.6 Å². The zero-order valence-corrected chi connectivity index (χ0v) is 10.3. The van der Waals surface area contributed by atoms with Crippen LogP contribution in [0.1, 0.15) is 22.3 Å². The molecule has 0 bridgehead atoms. The third-order valence-electron chi connectivity index (χ3n) is 2.18. The molecule has 0 radical (unpaired) electrons. The number of esters is 1. The number of ether oxygens (including phenoxy) is 1. The lowest BCUT2D eigenvalue weighted by molar-refractivity contribution is -0.140. The van der Waals surface area contributed by atoms with E-state index in [0.717, 1.165) is 5.56 Å². The van der Waals surface area contributed by atoms with E-state index in [1.54, 1.807) is 18.2 Å². The quantitative estimate of drug-likeness (QED) is 0.622. The Bertz CT molecular complexity index is 403. The number of benzene rings is 1. The number of thioether (sulfide) groups is 1. The van der Waals surface area contributed by atoms with E-state index in [1.165, 1.54) is 18.9 Å². The van der Waals surface area contributed by atoms with Crippen LogP contribution in [0.4, 0.5) is 0 Å². The summed E-state index contributed by atoms with van der Waals surface area (Å²) in [7, 11) is 1.35. The molecule has 1 N–H and O–H groups in total. The summed E-state index contributed by atoms with van der Waals surface area (Å²) in [6.45, 7) is 0. The summed E-state index contributed by atoms with van der Waals surface area (Å²) in [6.07, 6.45) is 0.344. The largest absolute Gasteiger partial charge is 0.478 e. The van der Waals surface area contributed by atoms with Gasteiger partial charge in [0.1, 0.15) is 0 Å². The zero-order valence-electron chi connectivity index (χ0n) is 9.51. The number of aromatic carboxylic acids is 1. The highest BCUT2D eigenvalue weighted by molar-refractivity contribution is 7.98. The zero-order chi connectivity index (χ0) is 12.7. The first-order valence-corrected chi connectivity index (χ1v) is 6.26. The lowest BCUT2D eigenvalue weighted by Crippen LogP contribution is -2.03. The average Bonchev–Trinajstić information content (AvgIpc) is 2.34. The summed E-state index contributed by atoms with van der Waals surface area (Å²) >= 11 is 1.52. The Morgan fingerprint density at radius 2 is 2.06 bits per heavy atom. The molecule has 0 heterocycles. The molecule has 0 aliphatic carbocycles. The number of methoxy groups -OCH3 is 1. The molecule has 0 aliphatic heterocycles. The van der Waals surface area contributed by atoms with Gasteiger partial charge in [0, 0.05) is 11.5 Å². The predicted octanol–water partition coefficient (Wildman–Crippen LogP) is 2.18. The van der Waals surface area contributed by atoms with E-state index in [1.807, 2.05) is 6.07 Å². The second-order valence-corrected chi connectivity index (χ2v) is 4.45. The molecule has 0 atom stereocenters. The van der Waals surface area contributed by atoms with E-state index in [-0.39, 0.29) is 5.97 Å². The fourth-order valence-corrected chi connectivity index (χ4v) is 2.22. The van der Waals surface area contributed by atoms with Crippen LogP contribution in [-0.4, -0.2) is 29.9 Å². The van der Waals surface area contributed by atoms with E-state index in [9.17, 15) is 9.59 Å². The maximum Gasteiger partial charge on any atom is 0.335 e. The van der Waals surface area contributed by atoms with Crippen molar-refractivity contribution >= 4 is 23.7 Å². The Kier molecular flexibility index (Phi) is 5.56. The Balaban J connectivity index is 2.46. The van der Waals surface area contributed by atoms with Gasteiger partial charge < -0.3 is 9.84 Å². The SMILES string of the molecule is COC(=O)CCSCc1ccccc1C(=O)O. The minimum absolute atomic E-state index is 0.246. The van der Waals surface area contributed by atoms with Crippen LogP contribution in [-0.2, 0) is 15.3 Å². The van der Waals surface area contributed by atoms with Crippen molar-refractivity contribution < 1.29 is 19.4 Å². The molecule has 0 saturated heterocycles. The van der Waals surface area contributed by atoms with Crippen LogP contribution in [0, 0.1) is 0 Å². The third kappa shape index (κ3) is 4.48. The number of carbonyl (C=O) groups is 2. The molecule has 17 heavy (non-hydrogen) atoms. The molecule has 0 spiro atoms. The van der Waals surface area contributed by atoms with Crippen LogP contribution in [0.3, 0.4) is 0 Å². The number of carboxylic acids is 1. The number of carboxylic acid groups (broad SMARTS) is 1. The van der Waals surface area contributed by atoms with E-state index in [0.29, 0.717) is 23.5 Å². The summed E-state index contributed by atoms with van der Waals surface area (Å²) in [5.74, 6) is 0.0401. The first-order chi connectivity index (χ1) is 8.15. The molecular formula is C12H14O4S. The second-order valence-electron chi connectivity index (χ2n) is 3.34. The van der Waals surface area contributed by atoms with Crippen LogP contribution >= 0.6 is 11.8 Å². The first-order valence-electron chi connectivity index (χ1n) is 5.11. The van der Waals surface area contributed by atoms with Crippen LogP contribution in [0.5, 0.6) is 0 Å². The van der Waals surface area contributed by atoms with E-state index in [4.69, 9.17) is 5.11 Å². The normalized spacial score (nSPS) is 9.94. The van der Waals surface area contributed by atoms with Gasteiger partial charge >= 0.3 is 11.9 Å². The van der Waals surface area contributed by atoms with Crippen LogP contribution in [0.2, 0.25) is 0 Å². The average molecular weight is 254 g/mol. The van der Waals surface area contributed by atoms with Crippen molar-refractivity contribution in [2.75, 3.05) is 12.9 Å². The van der Waals surface area contributed by atoms with Gasteiger partial charge in [0.15, 0.2) is 0 Å². The molecular weight excluding hydrogens is 240 g/mol. The monoisotopic (exact) mass is 254 g/mol. The minimum Gasteiger partial charge on any atom is -0.478 e. The maximum absolute atomic E-state index is 10.9. The molecule has 1 aromatic rings. The van der Waals surface area contributed by atoms with Gasteiger partial charge in [-0.25, -0.2) is 4.79 Å². The molecule has 0 aromatic heterocycles.